The second-order valence-corrected chi connectivity index (χ2v) is 29.2. The van der Waals surface area contributed by atoms with E-state index in [2.05, 4.69) is 88.5 Å². The van der Waals surface area contributed by atoms with Crippen LogP contribution in [-0.2, 0) is 65.4 Å². The predicted octanol–water partition coefficient (Wildman–Crippen LogP) is 22.4. The van der Waals surface area contributed by atoms with Crippen LogP contribution >= 0.6 is 15.6 Å². The number of allylic oxidation sites excluding steroid dienone is 12. The number of hydrogen-bond acceptors (Lipinski definition) is 15. The molecule has 17 nitrogen and oxygen atoms in total. The van der Waals surface area contributed by atoms with Crippen molar-refractivity contribution in [3.05, 3.63) is 72.9 Å². The molecule has 0 fully saturated rings. The summed E-state index contributed by atoms with van der Waals surface area (Å²) in [5.74, 6) is -2.25. The van der Waals surface area contributed by atoms with Crippen molar-refractivity contribution >= 4 is 39.5 Å². The van der Waals surface area contributed by atoms with Gasteiger partial charge >= 0.3 is 39.5 Å². The third-order valence-corrected chi connectivity index (χ3v) is 18.6. The smallest absolute Gasteiger partial charge is 0.462 e. The van der Waals surface area contributed by atoms with Gasteiger partial charge in [0.05, 0.1) is 26.4 Å². The van der Waals surface area contributed by atoms with E-state index >= 15 is 0 Å². The van der Waals surface area contributed by atoms with Crippen molar-refractivity contribution in [2.24, 2.45) is 0 Å². The number of aliphatic hydroxyl groups is 1. The molecule has 0 aliphatic rings. The molecule has 0 aromatic heterocycles. The monoisotopic (exact) mass is 1420 g/mol. The minimum Gasteiger partial charge on any atom is -0.462 e. The fourth-order valence-corrected chi connectivity index (χ4v) is 12.2. The first-order chi connectivity index (χ1) is 47.7. The van der Waals surface area contributed by atoms with Crippen LogP contribution in [0.1, 0.15) is 349 Å². The van der Waals surface area contributed by atoms with Crippen LogP contribution in [0.15, 0.2) is 72.9 Å². The molecule has 0 aromatic carbocycles. The van der Waals surface area contributed by atoms with Crippen LogP contribution in [0.4, 0.5) is 0 Å². The zero-order chi connectivity index (χ0) is 71.8. The third kappa shape index (κ3) is 70.9. The van der Waals surface area contributed by atoms with E-state index in [0.717, 1.165) is 109 Å². The Morgan fingerprint density at radius 3 is 0.867 bits per heavy atom. The van der Waals surface area contributed by atoms with Gasteiger partial charge in [-0.05, 0) is 89.9 Å². The molecule has 0 aromatic rings. The Balaban J connectivity index is 5.36. The Morgan fingerprint density at radius 2 is 0.520 bits per heavy atom. The van der Waals surface area contributed by atoms with Gasteiger partial charge in [0.25, 0.3) is 0 Å². The normalized spacial score (nSPS) is 14.3. The van der Waals surface area contributed by atoms with Crippen molar-refractivity contribution in [2.45, 2.75) is 367 Å². The van der Waals surface area contributed by atoms with Crippen molar-refractivity contribution in [1.82, 2.24) is 0 Å². The molecule has 19 heteroatoms. The van der Waals surface area contributed by atoms with Gasteiger partial charge in [-0.15, -0.1) is 0 Å². The van der Waals surface area contributed by atoms with Crippen LogP contribution < -0.4 is 0 Å². The Hall–Kier alpha value is -3.50. The Labute approximate surface area is 596 Å². The van der Waals surface area contributed by atoms with Gasteiger partial charge in [-0.1, -0.05) is 306 Å². The molecule has 0 aliphatic heterocycles. The maximum absolute atomic E-state index is 13.1. The van der Waals surface area contributed by atoms with E-state index in [1.807, 2.05) is 12.2 Å². The van der Waals surface area contributed by atoms with Gasteiger partial charge in [0, 0.05) is 25.7 Å². The first kappa shape index (κ1) is 94.5. The Morgan fingerprint density at radius 1 is 0.286 bits per heavy atom. The van der Waals surface area contributed by atoms with Crippen molar-refractivity contribution < 1.29 is 80.2 Å². The summed E-state index contributed by atoms with van der Waals surface area (Å²) in [6.45, 7) is 4.79. The molecule has 5 atom stereocenters. The van der Waals surface area contributed by atoms with Crippen LogP contribution in [0.5, 0.6) is 0 Å². The van der Waals surface area contributed by atoms with Gasteiger partial charge in [-0.3, -0.25) is 37.3 Å². The molecule has 3 N–H and O–H groups in total. The summed E-state index contributed by atoms with van der Waals surface area (Å²) in [5.41, 5.74) is 0. The van der Waals surface area contributed by atoms with Gasteiger partial charge < -0.3 is 33.8 Å². The molecule has 98 heavy (non-hydrogen) atoms. The lowest BCUT2D eigenvalue weighted by molar-refractivity contribution is -0.161. The molecule has 0 rings (SSSR count). The van der Waals surface area contributed by atoms with Crippen LogP contribution in [0.25, 0.3) is 0 Å². The van der Waals surface area contributed by atoms with Gasteiger partial charge in [-0.2, -0.15) is 0 Å². The summed E-state index contributed by atoms with van der Waals surface area (Å²) in [6.07, 6.45) is 71.9. The van der Waals surface area contributed by atoms with Crippen molar-refractivity contribution in [2.75, 3.05) is 39.6 Å². The van der Waals surface area contributed by atoms with E-state index in [1.54, 1.807) is 0 Å². The van der Waals surface area contributed by atoms with Gasteiger partial charge in [-0.25, -0.2) is 9.13 Å². The van der Waals surface area contributed by atoms with Gasteiger partial charge in [0.15, 0.2) is 12.2 Å². The lowest BCUT2D eigenvalue weighted by Gasteiger charge is -2.21. The summed E-state index contributed by atoms with van der Waals surface area (Å²) in [5, 5.41) is 10.6. The van der Waals surface area contributed by atoms with Crippen LogP contribution in [0.3, 0.4) is 0 Å². The number of phosphoric ester groups is 2. The predicted molar refractivity (Wildman–Crippen MR) is 400 cm³/mol. The maximum Gasteiger partial charge on any atom is 0.472 e. The Kier molecular flexibility index (Phi) is 69.3. The number of ether oxygens (including phenoxy) is 4. The van der Waals surface area contributed by atoms with E-state index in [-0.39, 0.29) is 25.7 Å². The third-order valence-electron chi connectivity index (χ3n) is 16.7. The van der Waals surface area contributed by atoms with Crippen LogP contribution in [0.2, 0.25) is 0 Å². The summed E-state index contributed by atoms with van der Waals surface area (Å²) in [4.78, 5) is 72.8. The number of hydrogen-bond donors (Lipinski definition) is 3. The average Bonchev–Trinajstić information content (AvgIpc) is 0.966. The highest BCUT2D eigenvalue weighted by molar-refractivity contribution is 7.47. The molecule has 0 saturated carbocycles. The minimum absolute atomic E-state index is 0.0391. The highest BCUT2D eigenvalue weighted by atomic mass is 31.2. The molecular weight excluding hydrogens is 1280 g/mol. The number of aliphatic hydroxyl groups excluding tert-OH is 1. The zero-order valence-electron chi connectivity index (χ0n) is 62.2. The fourth-order valence-electron chi connectivity index (χ4n) is 10.7. The summed E-state index contributed by atoms with van der Waals surface area (Å²) >= 11 is 0. The first-order valence-corrected chi connectivity index (χ1v) is 42.2. The number of rotatable bonds is 74. The highest BCUT2D eigenvalue weighted by Crippen LogP contribution is 2.45. The topological polar surface area (TPSA) is 237 Å². The van der Waals surface area contributed by atoms with Crippen molar-refractivity contribution in [3.8, 4) is 0 Å². The molecule has 0 saturated heterocycles. The van der Waals surface area contributed by atoms with E-state index < -0.39 is 97.5 Å². The largest absolute Gasteiger partial charge is 0.472 e. The highest BCUT2D eigenvalue weighted by Gasteiger charge is 2.30. The Bertz CT molecular complexity index is 2140. The standard InChI is InChI=1S/C79H142O17P2/c1-5-9-13-17-21-25-29-33-34-35-36-37-38-42-44-48-52-56-60-64-77(82)90-70-75(96-79(84)66-62-58-54-50-46-41-32-28-24-20-16-12-8-4)72-94-98(87,88)92-68-73(80)67-91-97(85,86)93-71-74(95-78(83)65-61-57-53-49-45-40-31-27-23-19-15-11-7-3)69-89-76(81)63-59-55-51-47-43-39-30-26-22-18-14-10-6-2/h21,25,28,32-34,36-37,42,44,52,56,73-75,80H,5-20,22-24,26-27,29-31,35,38-41,43,45-51,53-55,57-72H2,1-4H3,(H,85,86)(H,87,88)/b25-21-,32-28-,34-33-,37-36-,44-42-,56-52-/t73-,74+,75+/m0/s1. The van der Waals surface area contributed by atoms with Gasteiger partial charge in [0.2, 0.25) is 0 Å². The minimum atomic E-state index is -4.99. The summed E-state index contributed by atoms with van der Waals surface area (Å²) in [7, 11) is -9.95. The van der Waals surface area contributed by atoms with E-state index in [9.17, 15) is 43.2 Å². The molecule has 2 unspecified atom stereocenters. The molecule has 570 valence electrons. The second-order valence-electron chi connectivity index (χ2n) is 26.3. The average molecular weight is 1430 g/mol. The van der Waals surface area contributed by atoms with Gasteiger partial charge in [0.1, 0.15) is 19.3 Å². The van der Waals surface area contributed by atoms with Crippen LogP contribution in [-0.4, -0.2) is 96.7 Å². The van der Waals surface area contributed by atoms with E-state index in [4.69, 9.17) is 37.0 Å². The molecule has 0 heterocycles. The number of carbonyl (C=O) groups excluding carboxylic acids is 4. The molecule has 0 bridgehead atoms. The molecular formula is C79H142O17P2. The molecule has 0 radical (unpaired) electrons. The lowest BCUT2D eigenvalue weighted by Crippen LogP contribution is -2.30. The van der Waals surface area contributed by atoms with E-state index in [1.165, 1.54) is 154 Å². The molecule has 0 spiro atoms. The van der Waals surface area contributed by atoms with Crippen molar-refractivity contribution in [1.29, 1.82) is 0 Å². The fraction of sp³-hybridized carbons (Fsp3) is 0.797. The number of esters is 4. The first-order valence-electron chi connectivity index (χ1n) is 39.2. The zero-order valence-corrected chi connectivity index (χ0v) is 64.0. The van der Waals surface area contributed by atoms with E-state index in [0.29, 0.717) is 32.1 Å². The maximum atomic E-state index is 13.1. The molecule has 0 amide bonds. The quantitative estimate of drug-likeness (QED) is 0.0169. The summed E-state index contributed by atoms with van der Waals surface area (Å²) in [6, 6.07) is 0. The SMILES string of the molecule is CCCCC/C=C\C/C=C\C/C=C\C/C=C\C/C=C\CCC(=O)OC[C@H](COP(=O)(O)OC[C@@H](O)COP(=O)(O)OC[C@@H](COC(=O)CCCCCCCCCCCCCCC)OC(=O)CCCCCCCCCCCCCCC)OC(=O)CCCCCCC/C=C\CCCCCC. The number of unbranched alkanes of at least 4 members (excludes halogenated alkanes) is 36. The molecule has 0 aliphatic carbocycles. The lowest BCUT2D eigenvalue weighted by atomic mass is 10.0. The summed E-state index contributed by atoms with van der Waals surface area (Å²) < 4.78 is 68.4. The van der Waals surface area contributed by atoms with Crippen molar-refractivity contribution in [3.63, 3.8) is 0 Å². The second kappa shape index (κ2) is 71.9. The number of carbonyl (C=O) groups is 4. The number of phosphoric acid groups is 2. The van der Waals surface area contributed by atoms with Crippen LogP contribution in [0, 0.1) is 0 Å².